The Hall–Kier alpha value is -2.63. The molecule has 0 aliphatic rings. The predicted molar refractivity (Wildman–Crippen MR) is 325 cm³/mol. The first-order chi connectivity index (χ1) is 37.0. The average Bonchev–Trinajstić information content (AvgIpc) is 3.41. The summed E-state index contributed by atoms with van der Waals surface area (Å²) >= 11 is 0. The molecule has 0 saturated heterocycles. The second-order valence-corrected chi connectivity index (χ2v) is 22.4. The summed E-state index contributed by atoms with van der Waals surface area (Å²) in [6, 6.07) is 0. The highest BCUT2D eigenvalue weighted by atomic mass is 16.6. The van der Waals surface area contributed by atoms with Crippen molar-refractivity contribution in [2.24, 2.45) is 0 Å². The van der Waals surface area contributed by atoms with Crippen LogP contribution in [0.1, 0.15) is 355 Å². The van der Waals surface area contributed by atoms with Crippen molar-refractivity contribution < 1.29 is 28.6 Å². The molecule has 0 heterocycles. The molecule has 1 atom stereocenters. The lowest BCUT2D eigenvalue weighted by Crippen LogP contribution is -2.30. The summed E-state index contributed by atoms with van der Waals surface area (Å²) in [4.78, 5) is 38.3. The summed E-state index contributed by atoms with van der Waals surface area (Å²) in [6.45, 7) is 6.67. The number of allylic oxidation sites excluding steroid dienone is 8. The van der Waals surface area contributed by atoms with Crippen LogP contribution in [-0.4, -0.2) is 37.2 Å². The van der Waals surface area contributed by atoms with Gasteiger partial charge in [-0.2, -0.15) is 0 Å². The lowest BCUT2D eigenvalue weighted by atomic mass is 10.0. The zero-order chi connectivity index (χ0) is 54.3. The molecule has 75 heavy (non-hydrogen) atoms. The quantitative estimate of drug-likeness (QED) is 0.0261. The van der Waals surface area contributed by atoms with Gasteiger partial charge in [-0.1, -0.05) is 301 Å². The van der Waals surface area contributed by atoms with Crippen LogP contribution in [0.5, 0.6) is 0 Å². The van der Waals surface area contributed by atoms with E-state index >= 15 is 0 Å². The molecule has 0 saturated carbocycles. The largest absolute Gasteiger partial charge is 0.462 e. The fraction of sp³-hybridized carbons (Fsp3) is 0.841. The number of rotatable bonds is 61. The van der Waals surface area contributed by atoms with Crippen LogP contribution in [0.15, 0.2) is 48.6 Å². The third-order valence-corrected chi connectivity index (χ3v) is 14.8. The van der Waals surface area contributed by atoms with Gasteiger partial charge in [0.25, 0.3) is 0 Å². The second kappa shape index (κ2) is 63.9. The van der Waals surface area contributed by atoms with E-state index in [1.165, 1.54) is 244 Å². The smallest absolute Gasteiger partial charge is 0.306 e. The maximum atomic E-state index is 12.9. The molecule has 1 unspecified atom stereocenters. The van der Waals surface area contributed by atoms with Crippen molar-refractivity contribution in [3.05, 3.63) is 48.6 Å². The molecular formula is C69H126O6. The van der Waals surface area contributed by atoms with Crippen LogP contribution in [0.25, 0.3) is 0 Å². The number of ether oxygens (including phenoxy) is 3. The van der Waals surface area contributed by atoms with E-state index < -0.39 is 6.10 Å². The third-order valence-electron chi connectivity index (χ3n) is 14.8. The van der Waals surface area contributed by atoms with Crippen molar-refractivity contribution in [3.63, 3.8) is 0 Å². The van der Waals surface area contributed by atoms with Crippen molar-refractivity contribution in [2.45, 2.75) is 361 Å². The molecule has 0 radical (unpaired) electrons. The Bertz CT molecular complexity index is 1300. The Kier molecular flexibility index (Phi) is 61.7. The fourth-order valence-electron chi connectivity index (χ4n) is 9.80. The van der Waals surface area contributed by atoms with Gasteiger partial charge in [0, 0.05) is 19.3 Å². The van der Waals surface area contributed by atoms with Gasteiger partial charge in [-0.3, -0.25) is 14.4 Å². The van der Waals surface area contributed by atoms with E-state index in [1.807, 2.05) is 0 Å². The number of carbonyl (C=O) groups is 3. The van der Waals surface area contributed by atoms with Gasteiger partial charge in [0.05, 0.1) is 0 Å². The van der Waals surface area contributed by atoms with E-state index in [0.717, 1.165) is 70.6 Å². The van der Waals surface area contributed by atoms with Crippen molar-refractivity contribution in [1.29, 1.82) is 0 Å². The van der Waals surface area contributed by atoms with Crippen LogP contribution < -0.4 is 0 Å². The lowest BCUT2D eigenvalue weighted by Gasteiger charge is -2.18. The molecule has 0 spiro atoms. The summed E-state index contributed by atoms with van der Waals surface area (Å²) in [5.74, 6) is -0.858. The summed E-state index contributed by atoms with van der Waals surface area (Å²) in [6.07, 6.45) is 79.7. The topological polar surface area (TPSA) is 78.9 Å². The molecule has 0 N–H and O–H groups in total. The summed E-state index contributed by atoms with van der Waals surface area (Å²) in [7, 11) is 0. The first kappa shape index (κ1) is 72.4. The minimum absolute atomic E-state index is 0.0719. The van der Waals surface area contributed by atoms with Crippen LogP contribution in [0.4, 0.5) is 0 Å². The highest BCUT2D eigenvalue weighted by Gasteiger charge is 2.19. The minimum Gasteiger partial charge on any atom is -0.462 e. The molecule has 6 nitrogen and oxygen atoms in total. The maximum Gasteiger partial charge on any atom is 0.306 e. The molecule has 0 aromatic heterocycles. The monoisotopic (exact) mass is 1050 g/mol. The van der Waals surface area contributed by atoms with Gasteiger partial charge < -0.3 is 14.2 Å². The summed E-state index contributed by atoms with van der Waals surface area (Å²) < 4.78 is 17.0. The lowest BCUT2D eigenvalue weighted by molar-refractivity contribution is -0.167. The highest BCUT2D eigenvalue weighted by molar-refractivity contribution is 5.71. The van der Waals surface area contributed by atoms with Gasteiger partial charge >= 0.3 is 17.9 Å². The maximum absolute atomic E-state index is 12.9. The van der Waals surface area contributed by atoms with Crippen molar-refractivity contribution in [3.8, 4) is 0 Å². The van der Waals surface area contributed by atoms with Gasteiger partial charge in [0.2, 0.25) is 0 Å². The highest BCUT2D eigenvalue weighted by Crippen LogP contribution is 2.17. The first-order valence-corrected chi connectivity index (χ1v) is 33.1. The standard InChI is InChI=1S/C69H126O6/c1-4-7-10-13-16-19-22-25-28-30-31-32-33-34-35-36-37-39-41-44-47-50-53-56-59-62-68(71)74-65-66(64-73-67(70)61-58-55-52-49-46-43-40-27-24-21-18-15-12-9-6-3)75-69(72)63-60-57-54-51-48-45-42-38-29-26-23-20-17-14-11-8-5-2/h22,25-26,29-31,33-34,66H,4-21,23-24,27-28,32,35-65H2,1-3H3/b25-22-,29-26-,31-30-,34-33-. The molecule has 6 heteroatoms. The van der Waals surface area contributed by atoms with E-state index in [0.29, 0.717) is 19.3 Å². The van der Waals surface area contributed by atoms with Crippen LogP contribution in [0.2, 0.25) is 0 Å². The summed E-state index contributed by atoms with van der Waals surface area (Å²) in [5.41, 5.74) is 0. The first-order valence-electron chi connectivity index (χ1n) is 33.1. The van der Waals surface area contributed by atoms with E-state index in [2.05, 4.69) is 69.4 Å². The van der Waals surface area contributed by atoms with Crippen LogP contribution >= 0.6 is 0 Å². The molecule has 0 amide bonds. The van der Waals surface area contributed by atoms with Gasteiger partial charge in [0.1, 0.15) is 13.2 Å². The van der Waals surface area contributed by atoms with E-state index in [1.54, 1.807) is 0 Å². The molecule has 0 aliphatic carbocycles. The number of hydrogen-bond donors (Lipinski definition) is 0. The zero-order valence-corrected chi connectivity index (χ0v) is 50.3. The second-order valence-electron chi connectivity index (χ2n) is 22.4. The van der Waals surface area contributed by atoms with Crippen LogP contribution in [-0.2, 0) is 28.6 Å². The molecule has 0 rings (SSSR count). The Morgan fingerprint density at radius 3 is 0.760 bits per heavy atom. The third kappa shape index (κ3) is 62.1. The van der Waals surface area contributed by atoms with Gasteiger partial charge in [-0.15, -0.1) is 0 Å². The predicted octanol–water partition coefficient (Wildman–Crippen LogP) is 22.6. The molecule has 438 valence electrons. The van der Waals surface area contributed by atoms with Crippen LogP contribution in [0.3, 0.4) is 0 Å². The van der Waals surface area contributed by atoms with Gasteiger partial charge in [0.15, 0.2) is 6.10 Å². The molecule has 0 aromatic rings. The Labute approximate surface area is 467 Å². The molecular weight excluding hydrogens is 925 g/mol. The number of unbranched alkanes of at least 4 members (excludes halogenated alkanes) is 42. The normalized spacial score (nSPS) is 12.3. The van der Waals surface area contributed by atoms with Crippen molar-refractivity contribution in [1.82, 2.24) is 0 Å². The fourth-order valence-corrected chi connectivity index (χ4v) is 9.80. The molecule has 0 aromatic carbocycles. The number of carbonyl (C=O) groups excluding carboxylic acids is 3. The average molecular weight is 1050 g/mol. The SMILES string of the molecule is CCCCCCC/C=C\C/C=C\C/C=C\CCCCCCCCCCCCC(=O)OCC(COC(=O)CCCCCCCCCCCCCCCCC)OC(=O)CCCCCCCCC/C=C\CCCCCCCC. The number of hydrogen-bond acceptors (Lipinski definition) is 6. The van der Waals surface area contributed by atoms with E-state index in [-0.39, 0.29) is 31.1 Å². The minimum atomic E-state index is -0.776. The molecule has 0 aliphatic heterocycles. The zero-order valence-electron chi connectivity index (χ0n) is 50.3. The molecule has 0 fully saturated rings. The van der Waals surface area contributed by atoms with Gasteiger partial charge in [-0.25, -0.2) is 0 Å². The Morgan fingerprint density at radius 2 is 0.480 bits per heavy atom. The van der Waals surface area contributed by atoms with Crippen molar-refractivity contribution in [2.75, 3.05) is 13.2 Å². The Morgan fingerprint density at radius 1 is 0.267 bits per heavy atom. The molecule has 0 bridgehead atoms. The van der Waals surface area contributed by atoms with Gasteiger partial charge in [-0.05, 0) is 83.5 Å². The summed E-state index contributed by atoms with van der Waals surface area (Å²) in [5, 5.41) is 0. The van der Waals surface area contributed by atoms with E-state index in [9.17, 15) is 14.4 Å². The van der Waals surface area contributed by atoms with Crippen molar-refractivity contribution >= 4 is 17.9 Å². The Balaban J connectivity index is 4.30. The number of esters is 3. The van der Waals surface area contributed by atoms with E-state index in [4.69, 9.17) is 14.2 Å². The van der Waals surface area contributed by atoms with Crippen LogP contribution in [0, 0.1) is 0 Å².